The van der Waals surface area contributed by atoms with E-state index in [1.54, 1.807) is 7.11 Å². The summed E-state index contributed by atoms with van der Waals surface area (Å²) in [6, 6.07) is 3.89. The van der Waals surface area contributed by atoms with Crippen molar-refractivity contribution in [3.63, 3.8) is 0 Å². The molecule has 0 N–H and O–H groups in total. The van der Waals surface area contributed by atoms with E-state index >= 15 is 0 Å². The van der Waals surface area contributed by atoms with E-state index in [0.29, 0.717) is 32.6 Å². The molecular weight excluding hydrogens is 304 g/mol. The molecule has 1 aliphatic rings. The first-order valence-corrected chi connectivity index (χ1v) is 8.54. The van der Waals surface area contributed by atoms with E-state index in [0.717, 1.165) is 22.4 Å². The first-order chi connectivity index (χ1) is 11.3. The van der Waals surface area contributed by atoms with Crippen molar-refractivity contribution < 1.29 is 14.3 Å². The van der Waals surface area contributed by atoms with Crippen LogP contribution in [0.4, 0.5) is 0 Å². The van der Waals surface area contributed by atoms with Gasteiger partial charge in [0.15, 0.2) is 0 Å². The summed E-state index contributed by atoms with van der Waals surface area (Å²) in [5.41, 5.74) is 3.23. The quantitative estimate of drug-likeness (QED) is 0.849. The van der Waals surface area contributed by atoms with E-state index in [1.165, 1.54) is 0 Å². The third kappa shape index (κ3) is 3.89. The van der Waals surface area contributed by atoms with Gasteiger partial charge in [-0.3, -0.25) is 9.59 Å². The number of hydrogen-bond acceptors (Lipinski definition) is 3. The number of nitrogens with zero attached hydrogens (tertiary/aromatic N) is 2. The zero-order valence-electron chi connectivity index (χ0n) is 15.4. The number of carbonyl (C=O) groups is 2. The highest BCUT2D eigenvalue weighted by Gasteiger charge is 2.25. The van der Waals surface area contributed by atoms with Gasteiger partial charge in [-0.05, 0) is 36.6 Å². The normalized spacial score (nSPS) is 14.9. The molecule has 0 bridgehead atoms. The largest absolute Gasteiger partial charge is 0.496 e. The van der Waals surface area contributed by atoms with Crippen LogP contribution in [0.15, 0.2) is 12.1 Å². The highest BCUT2D eigenvalue weighted by molar-refractivity contribution is 5.81. The molecule has 1 aromatic carbocycles. The molecule has 0 unspecified atom stereocenters. The molecule has 2 amide bonds. The second-order valence-electron chi connectivity index (χ2n) is 6.71. The van der Waals surface area contributed by atoms with Gasteiger partial charge in [0.25, 0.3) is 0 Å². The van der Waals surface area contributed by atoms with Gasteiger partial charge < -0.3 is 14.5 Å². The summed E-state index contributed by atoms with van der Waals surface area (Å²) in [7, 11) is 1.66. The van der Waals surface area contributed by atoms with Crippen molar-refractivity contribution in [1.29, 1.82) is 0 Å². The van der Waals surface area contributed by atoms with Crippen LogP contribution in [0.3, 0.4) is 0 Å². The first-order valence-electron chi connectivity index (χ1n) is 8.54. The van der Waals surface area contributed by atoms with Crippen molar-refractivity contribution in [2.24, 2.45) is 5.92 Å². The zero-order valence-corrected chi connectivity index (χ0v) is 15.4. The molecule has 1 fully saturated rings. The van der Waals surface area contributed by atoms with Crippen LogP contribution in [0.1, 0.15) is 30.5 Å². The number of piperazine rings is 1. The van der Waals surface area contributed by atoms with Crippen LogP contribution in [0.5, 0.6) is 5.75 Å². The van der Waals surface area contributed by atoms with Crippen LogP contribution in [-0.2, 0) is 16.0 Å². The molecule has 2 rings (SSSR count). The van der Waals surface area contributed by atoms with E-state index in [-0.39, 0.29) is 17.7 Å². The minimum absolute atomic E-state index is 0.0113. The lowest BCUT2D eigenvalue weighted by Gasteiger charge is -2.35. The van der Waals surface area contributed by atoms with Gasteiger partial charge in [0.2, 0.25) is 11.8 Å². The van der Waals surface area contributed by atoms with Gasteiger partial charge in [-0.1, -0.05) is 19.9 Å². The maximum Gasteiger partial charge on any atom is 0.227 e. The Morgan fingerprint density at radius 2 is 1.62 bits per heavy atom. The molecule has 5 nitrogen and oxygen atoms in total. The van der Waals surface area contributed by atoms with Crippen LogP contribution in [0.2, 0.25) is 0 Å². The minimum atomic E-state index is 0.0113. The summed E-state index contributed by atoms with van der Waals surface area (Å²) in [4.78, 5) is 28.3. The van der Waals surface area contributed by atoms with E-state index in [9.17, 15) is 9.59 Å². The molecule has 1 saturated heterocycles. The third-order valence-electron chi connectivity index (χ3n) is 4.85. The molecule has 0 radical (unpaired) electrons. The van der Waals surface area contributed by atoms with Crippen LogP contribution in [-0.4, -0.2) is 54.9 Å². The average Bonchev–Trinajstić information content (AvgIpc) is 2.58. The van der Waals surface area contributed by atoms with Gasteiger partial charge in [-0.15, -0.1) is 0 Å². The molecule has 0 aromatic heterocycles. The fourth-order valence-corrected chi connectivity index (χ4v) is 3.08. The highest BCUT2D eigenvalue weighted by Crippen LogP contribution is 2.24. The summed E-state index contributed by atoms with van der Waals surface area (Å²) in [5, 5.41) is 0. The molecule has 0 atom stereocenters. The molecule has 0 spiro atoms. The maximum absolute atomic E-state index is 12.6. The van der Waals surface area contributed by atoms with Crippen molar-refractivity contribution in [1.82, 2.24) is 9.80 Å². The summed E-state index contributed by atoms with van der Waals surface area (Å²) in [6.07, 6.45) is 0.398. The van der Waals surface area contributed by atoms with Crippen molar-refractivity contribution >= 4 is 11.8 Å². The van der Waals surface area contributed by atoms with E-state index in [1.807, 2.05) is 49.6 Å². The lowest BCUT2D eigenvalue weighted by atomic mass is 9.99. The molecule has 24 heavy (non-hydrogen) atoms. The van der Waals surface area contributed by atoms with Crippen LogP contribution < -0.4 is 4.74 Å². The Morgan fingerprint density at radius 1 is 1.04 bits per heavy atom. The molecule has 1 aliphatic heterocycles. The van der Waals surface area contributed by atoms with Crippen molar-refractivity contribution in [3.05, 3.63) is 28.8 Å². The van der Waals surface area contributed by atoms with Crippen molar-refractivity contribution in [2.75, 3.05) is 33.3 Å². The number of rotatable bonds is 4. The molecule has 1 heterocycles. The summed E-state index contributed by atoms with van der Waals surface area (Å²) in [5.74, 6) is 1.16. The van der Waals surface area contributed by atoms with E-state index < -0.39 is 0 Å². The maximum atomic E-state index is 12.6. The molecule has 5 heteroatoms. The topological polar surface area (TPSA) is 49.9 Å². The molecule has 0 aliphatic carbocycles. The predicted molar refractivity (Wildman–Crippen MR) is 94.2 cm³/mol. The summed E-state index contributed by atoms with van der Waals surface area (Å²) >= 11 is 0. The molecular formula is C19H28N2O3. The van der Waals surface area contributed by atoms with E-state index in [4.69, 9.17) is 4.74 Å². The molecule has 0 saturated carbocycles. The lowest BCUT2D eigenvalue weighted by Crippen LogP contribution is -2.51. The fourth-order valence-electron chi connectivity index (χ4n) is 3.08. The Kier molecular flexibility index (Phi) is 5.86. The number of benzene rings is 1. The minimum Gasteiger partial charge on any atom is -0.496 e. The number of amides is 2. The van der Waals surface area contributed by atoms with Gasteiger partial charge in [0.1, 0.15) is 5.75 Å². The number of ether oxygens (including phenoxy) is 1. The first kappa shape index (κ1) is 18.3. The molecule has 1 aromatic rings. The van der Waals surface area contributed by atoms with Crippen molar-refractivity contribution in [3.8, 4) is 5.75 Å². The smallest absolute Gasteiger partial charge is 0.227 e. The van der Waals surface area contributed by atoms with Gasteiger partial charge in [0.05, 0.1) is 13.5 Å². The average molecular weight is 332 g/mol. The lowest BCUT2D eigenvalue weighted by molar-refractivity contribution is -0.141. The highest BCUT2D eigenvalue weighted by atomic mass is 16.5. The SMILES string of the molecule is COc1ccc(CC(=O)N2CCN(C(=O)C(C)C)CC2)c(C)c1C. The Morgan fingerprint density at radius 3 is 2.17 bits per heavy atom. The second-order valence-corrected chi connectivity index (χ2v) is 6.71. The summed E-state index contributed by atoms with van der Waals surface area (Å²) in [6.45, 7) is 10.4. The number of carbonyl (C=O) groups excluding carboxylic acids is 2. The standard InChI is InChI=1S/C19H28N2O3/c1-13(2)19(23)21-10-8-20(9-11-21)18(22)12-16-6-7-17(24-5)15(4)14(16)3/h6-7,13H,8-12H2,1-5H3. The zero-order chi connectivity index (χ0) is 17.9. The molecule has 132 valence electrons. The number of hydrogen-bond donors (Lipinski definition) is 0. The Hall–Kier alpha value is -2.04. The Labute approximate surface area is 144 Å². The fraction of sp³-hybridized carbons (Fsp3) is 0.579. The summed E-state index contributed by atoms with van der Waals surface area (Å²) < 4.78 is 5.32. The monoisotopic (exact) mass is 332 g/mol. The third-order valence-corrected chi connectivity index (χ3v) is 4.85. The van der Waals surface area contributed by atoms with Gasteiger partial charge in [0, 0.05) is 32.1 Å². The van der Waals surface area contributed by atoms with Crippen LogP contribution >= 0.6 is 0 Å². The van der Waals surface area contributed by atoms with Crippen molar-refractivity contribution in [2.45, 2.75) is 34.1 Å². The van der Waals surface area contributed by atoms with Gasteiger partial charge >= 0.3 is 0 Å². The second kappa shape index (κ2) is 7.69. The van der Waals surface area contributed by atoms with E-state index in [2.05, 4.69) is 0 Å². The van der Waals surface area contributed by atoms with Crippen LogP contribution in [0, 0.1) is 19.8 Å². The van der Waals surface area contributed by atoms with Gasteiger partial charge in [-0.2, -0.15) is 0 Å². The Bertz CT molecular complexity index is 617. The van der Waals surface area contributed by atoms with Crippen LogP contribution in [0.25, 0.3) is 0 Å². The predicted octanol–water partition coefficient (Wildman–Crippen LogP) is 2.18. The Balaban J connectivity index is 1.97. The number of methoxy groups -OCH3 is 1. The van der Waals surface area contributed by atoms with Gasteiger partial charge in [-0.25, -0.2) is 0 Å².